The molecule has 0 fully saturated rings. The van der Waals surface area contributed by atoms with Crippen LogP contribution in [0.4, 0.5) is 11.5 Å². The van der Waals surface area contributed by atoms with Gasteiger partial charge < -0.3 is 10.2 Å². The number of nitrogens with one attached hydrogen (secondary N) is 1. The zero-order valence-electron chi connectivity index (χ0n) is 14.7. The van der Waals surface area contributed by atoms with E-state index in [9.17, 15) is 4.79 Å². The molecular formula is C21H19ClN4O. The Morgan fingerprint density at radius 3 is 2.78 bits per heavy atom. The van der Waals surface area contributed by atoms with Crippen LogP contribution in [0.25, 0.3) is 0 Å². The molecule has 0 bridgehead atoms. The van der Waals surface area contributed by atoms with E-state index in [0.29, 0.717) is 24.6 Å². The SMILES string of the molecule is O=C(c1cc(NCCc2ccc(Cl)cc2)ncn1)N1CCc2ccccc21. The van der Waals surface area contributed by atoms with Crippen molar-refractivity contribution in [3.05, 3.63) is 82.8 Å². The Hall–Kier alpha value is -2.92. The fourth-order valence-electron chi connectivity index (χ4n) is 3.24. The molecule has 1 aliphatic heterocycles. The van der Waals surface area contributed by atoms with Crippen molar-refractivity contribution in [3.8, 4) is 0 Å². The third-order valence-corrected chi connectivity index (χ3v) is 4.90. The predicted molar refractivity (Wildman–Crippen MR) is 108 cm³/mol. The van der Waals surface area contributed by atoms with E-state index < -0.39 is 0 Å². The van der Waals surface area contributed by atoms with Gasteiger partial charge in [0.1, 0.15) is 17.8 Å². The number of halogens is 1. The van der Waals surface area contributed by atoms with Gasteiger partial charge in [0.25, 0.3) is 5.91 Å². The summed E-state index contributed by atoms with van der Waals surface area (Å²) in [5.41, 5.74) is 3.75. The van der Waals surface area contributed by atoms with Crippen molar-refractivity contribution in [1.82, 2.24) is 9.97 Å². The molecule has 1 N–H and O–H groups in total. The lowest BCUT2D eigenvalue weighted by molar-refractivity contribution is 0.0984. The standard InChI is InChI=1S/C21H19ClN4O/c22-17-7-5-15(6-8-17)9-11-23-20-13-18(24-14-25-20)21(27)26-12-10-16-3-1-2-4-19(16)26/h1-8,13-14H,9-12H2,(H,23,24,25). The summed E-state index contributed by atoms with van der Waals surface area (Å²) in [5.74, 6) is 0.554. The summed E-state index contributed by atoms with van der Waals surface area (Å²) in [4.78, 5) is 23.1. The summed E-state index contributed by atoms with van der Waals surface area (Å²) in [6, 6.07) is 17.5. The van der Waals surface area contributed by atoms with Crippen LogP contribution in [-0.4, -0.2) is 29.0 Å². The number of hydrogen-bond donors (Lipinski definition) is 1. The summed E-state index contributed by atoms with van der Waals surface area (Å²) in [6.45, 7) is 1.39. The maximum absolute atomic E-state index is 12.9. The van der Waals surface area contributed by atoms with Gasteiger partial charge in [-0.25, -0.2) is 9.97 Å². The lowest BCUT2D eigenvalue weighted by atomic mass is 10.1. The molecule has 0 atom stereocenters. The van der Waals surface area contributed by atoms with Crippen molar-refractivity contribution in [2.75, 3.05) is 23.3 Å². The number of rotatable bonds is 5. The van der Waals surface area contributed by atoms with Crippen molar-refractivity contribution >= 4 is 29.0 Å². The topological polar surface area (TPSA) is 58.1 Å². The van der Waals surface area contributed by atoms with Crippen LogP contribution < -0.4 is 10.2 Å². The van der Waals surface area contributed by atoms with Crippen LogP contribution in [0.5, 0.6) is 0 Å². The van der Waals surface area contributed by atoms with Crippen LogP contribution in [-0.2, 0) is 12.8 Å². The van der Waals surface area contributed by atoms with Gasteiger partial charge in [-0.05, 0) is 42.2 Å². The largest absolute Gasteiger partial charge is 0.370 e. The van der Waals surface area contributed by atoms with E-state index in [1.807, 2.05) is 42.5 Å². The number of hydrogen-bond acceptors (Lipinski definition) is 4. The number of benzene rings is 2. The summed E-state index contributed by atoms with van der Waals surface area (Å²) in [6.07, 6.45) is 3.14. The Labute approximate surface area is 163 Å². The highest BCUT2D eigenvalue weighted by Crippen LogP contribution is 2.28. The average Bonchev–Trinajstić information content (AvgIpc) is 3.13. The first-order valence-corrected chi connectivity index (χ1v) is 9.28. The lowest BCUT2D eigenvalue weighted by Crippen LogP contribution is -2.29. The second-order valence-electron chi connectivity index (χ2n) is 6.43. The molecule has 0 radical (unpaired) electrons. The van der Waals surface area contributed by atoms with Crippen molar-refractivity contribution in [1.29, 1.82) is 0 Å². The van der Waals surface area contributed by atoms with Crippen molar-refractivity contribution in [3.63, 3.8) is 0 Å². The summed E-state index contributed by atoms with van der Waals surface area (Å²) in [5, 5.41) is 3.99. The zero-order valence-corrected chi connectivity index (χ0v) is 15.5. The molecule has 0 unspecified atom stereocenters. The molecule has 3 aromatic rings. The Balaban J connectivity index is 1.42. The van der Waals surface area contributed by atoms with E-state index in [4.69, 9.17) is 11.6 Å². The van der Waals surface area contributed by atoms with Gasteiger partial charge in [-0.15, -0.1) is 0 Å². The van der Waals surface area contributed by atoms with Gasteiger partial charge in [-0.2, -0.15) is 0 Å². The van der Waals surface area contributed by atoms with E-state index in [-0.39, 0.29) is 5.91 Å². The van der Waals surface area contributed by atoms with Gasteiger partial charge in [0, 0.05) is 29.9 Å². The Kier molecular flexibility index (Phi) is 5.03. The maximum atomic E-state index is 12.9. The summed E-state index contributed by atoms with van der Waals surface area (Å²) < 4.78 is 0. The number of carbonyl (C=O) groups excluding carboxylic acids is 1. The molecule has 4 rings (SSSR count). The monoisotopic (exact) mass is 378 g/mol. The number of fused-ring (bicyclic) bond motifs is 1. The van der Waals surface area contributed by atoms with Gasteiger partial charge in [0.15, 0.2) is 0 Å². The van der Waals surface area contributed by atoms with Crippen LogP contribution in [0.15, 0.2) is 60.9 Å². The van der Waals surface area contributed by atoms with Crippen molar-refractivity contribution < 1.29 is 4.79 Å². The molecule has 136 valence electrons. The first-order chi connectivity index (χ1) is 13.2. The van der Waals surface area contributed by atoms with E-state index in [1.165, 1.54) is 17.5 Å². The van der Waals surface area contributed by atoms with Gasteiger partial charge in [0.2, 0.25) is 0 Å². The Morgan fingerprint density at radius 2 is 1.93 bits per heavy atom. The summed E-state index contributed by atoms with van der Waals surface area (Å²) in [7, 11) is 0. The van der Waals surface area contributed by atoms with Gasteiger partial charge >= 0.3 is 0 Å². The molecule has 1 aliphatic rings. The highest BCUT2D eigenvalue weighted by atomic mass is 35.5. The lowest BCUT2D eigenvalue weighted by Gasteiger charge is -2.17. The molecule has 5 nitrogen and oxygen atoms in total. The quantitative estimate of drug-likeness (QED) is 0.729. The Bertz CT molecular complexity index is 958. The van der Waals surface area contributed by atoms with Crippen LogP contribution in [0.3, 0.4) is 0 Å². The average molecular weight is 379 g/mol. The molecule has 6 heteroatoms. The molecule has 1 amide bonds. The second kappa shape index (κ2) is 7.76. The fraction of sp³-hybridized carbons (Fsp3) is 0.190. The Morgan fingerprint density at radius 1 is 1.11 bits per heavy atom. The molecule has 0 aliphatic carbocycles. The molecule has 2 heterocycles. The normalized spacial score (nSPS) is 12.7. The number of nitrogens with zero attached hydrogens (tertiary/aromatic N) is 3. The molecule has 27 heavy (non-hydrogen) atoms. The van der Waals surface area contributed by atoms with Gasteiger partial charge in [-0.1, -0.05) is 41.9 Å². The highest BCUT2D eigenvalue weighted by molar-refractivity contribution is 6.30. The summed E-state index contributed by atoms with van der Waals surface area (Å²) >= 11 is 5.91. The van der Waals surface area contributed by atoms with Crippen LogP contribution in [0, 0.1) is 0 Å². The minimum atomic E-state index is -0.0944. The van der Waals surface area contributed by atoms with Gasteiger partial charge in [0.05, 0.1) is 0 Å². The molecule has 0 saturated heterocycles. The predicted octanol–water partition coefficient (Wildman–Crippen LogP) is 3.99. The van der Waals surface area contributed by atoms with Crippen LogP contribution in [0.2, 0.25) is 5.02 Å². The number of carbonyl (C=O) groups is 1. The van der Waals surface area contributed by atoms with Crippen LogP contribution in [0.1, 0.15) is 21.6 Å². The third kappa shape index (κ3) is 3.93. The molecule has 2 aromatic carbocycles. The zero-order chi connectivity index (χ0) is 18.6. The number of para-hydroxylation sites is 1. The smallest absolute Gasteiger partial charge is 0.277 e. The molecule has 0 spiro atoms. The molecular weight excluding hydrogens is 360 g/mol. The first-order valence-electron chi connectivity index (χ1n) is 8.91. The fourth-order valence-corrected chi connectivity index (χ4v) is 3.37. The minimum Gasteiger partial charge on any atom is -0.370 e. The van der Waals surface area contributed by atoms with E-state index >= 15 is 0 Å². The molecule has 0 saturated carbocycles. The van der Waals surface area contributed by atoms with Gasteiger partial charge in [-0.3, -0.25) is 4.79 Å². The van der Waals surface area contributed by atoms with Crippen molar-refractivity contribution in [2.45, 2.75) is 12.8 Å². The highest BCUT2D eigenvalue weighted by Gasteiger charge is 2.26. The minimum absolute atomic E-state index is 0.0944. The first kappa shape index (κ1) is 17.5. The van der Waals surface area contributed by atoms with Crippen LogP contribution >= 0.6 is 11.6 Å². The van der Waals surface area contributed by atoms with E-state index in [1.54, 1.807) is 11.0 Å². The third-order valence-electron chi connectivity index (χ3n) is 4.65. The molecule has 1 aromatic heterocycles. The maximum Gasteiger partial charge on any atom is 0.277 e. The number of aromatic nitrogens is 2. The number of amides is 1. The van der Waals surface area contributed by atoms with Crippen molar-refractivity contribution in [2.24, 2.45) is 0 Å². The van der Waals surface area contributed by atoms with E-state index in [0.717, 1.165) is 23.6 Å². The number of anilines is 2. The second-order valence-corrected chi connectivity index (χ2v) is 6.86. The van der Waals surface area contributed by atoms with E-state index in [2.05, 4.69) is 21.4 Å².